The van der Waals surface area contributed by atoms with E-state index in [9.17, 15) is 9.59 Å². The Kier molecular flexibility index (Phi) is 3.43. The number of carbonyl (C=O) groups is 2. The highest BCUT2D eigenvalue weighted by molar-refractivity contribution is 5.90. The second-order valence-electron chi connectivity index (χ2n) is 4.71. The topological polar surface area (TPSA) is 70.2 Å². The van der Waals surface area contributed by atoms with E-state index in [2.05, 4.69) is 16.0 Å². The number of hydrogen-bond acceptors (Lipinski definition) is 3. The van der Waals surface area contributed by atoms with Gasteiger partial charge in [0.1, 0.15) is 6.04 Å². The smallest absolute Gasteiger partial charge is 0.242 e. The van der Waals surface area contributed by atoms with E-state index in [0.29, 0.717) is 18.8 Å². The molecule has 2 heterocycles. The van der Waals surface area contributed by atoms with Crippen molar-refractivity contribution < 1.29 is 9.59 Å². The SMILES string of the molecule is CC(NC(=O)C1CCC(=O)N1)C1CCNC1. The molecule has 5 nitrogen and oxygen atoms in total. The molecule has 2 aliphatic rings. The van der Waals surface area contributed by atoms with E-state index in [1.165, 1.54) is 0 Å². The molecule has 3 atom stereocenters. The van der Waals surface area contributed by atoms with E-state index in [-0.39, 0.29) is 23.9 Å². The average Bonchev–Trinajstić information content (AvgIpc) is 2.87. The highest BCUT2D eigenvalue weighted by Crippen LogP contribution is 2.13. The third kappa shape index (κ3) is 2.52. The minimum atomic E-state index is -0.315. The second-order valence-corrected chi connectivity index (χ2v) is 4.71. The third-order valence-corrected chi connectivity index (χ3v) is 3.49. The molecule has 90 valence electrons. The summed E-state index contributed by atoms with van der Waals surface area (Å²) in [4.78, 5) is 22.8. The van der Waals surface area contributed by atoms with Crippen LogP contribution >= 0.6 is 0 Å². The van der Waals surface area contributed by atoms with Crippen molar-refractivity contribution in [2.75, 3.05) is 13.1 Å². The van der Waals surface area contributed by atoms with Crippen molar-refractivity contribution in [3.63, 3.8) is 0 Å². The van der Waals surface area contributed by atoms with Crippen LogP contribution in [0.5, 0.6) is 0 Å². The molecule has 0 radical (unpaired) electrons. The van der Waals surface area contributed by atoms with Gasteiger partial charge in [-0.2, -0.15) is 0 Å². The predicted octanol–water partition coefficient (Wildman–Crippen LogP) is -0.621. The summed E-state index contributed by atoms with van der Waals surface area (Å²) in [7, 11) is 0. The summed E-state index contributed by atoms with van der Waals surface area (Å²) < 4.78 is 0. The molecule has 2 aliphatic heterocycles. The van der Waals surface area contributed by atoms with Gasteiger partial charge < -0.3 is 16.0 Å². The van der Waals surface area contributed by atoms with Crippen molar-refractivity contribution in [3.05, 3.63) is 0 Å². The molecule has 2 saturated heterocycles. The van der Waals surface area contributed by atoms with Gasteiger partial charge in [0.05, 0.1) is 0 Å². The Bertz CT molecular complexity index is 287. The van der Waals surface area contributed by atoms with Gasteiger partial charge in [-0.05, 0) is 38.8 Å². The summed E-state index contributed by atoms with van der Waals surface area (Å²) in [6, 6.07) is -0.135. The van der Waals surface area contributed by atoms with Crippen LogP contribution in [0, 0.1) is 5.92 Å². The van der Waals surface area contributed by atoms with Gasteiger partial charge in [0.15, 0.2) is 0 Å². The van der Waals surface area contributed by atoms with Crippen LogP contribution in [0.2, 0.25) is 0 Å². The van der Waals surface area contributed by atoms with Crippen molar-refractivity contribution in [2.45, 2.75) is 38.3 Å². The minimum Gasteiger partial charge on any atom is -0.352 e. The molecular formula is C11H19N3O2. The number of rotatable bonds is 3. The molecule has 0 aliphatic carbocycles. The van der Waals surface area contributed by atoms with Crippen LogP contribution in [-0.2, 0) is 9.59 Å². The average molecular weight is 225 g/mol. The molecule has 2 fully saturated rings. The first-order valence-corrected chi connectivity index (χ1v) is 5.97. The van der Waals surface area contributed by atoms with Gasteiger partial charge >= 0.3 is 0 Å². The van der Waals surface area contributed by atoms with Gasteiger partial charge in [-0.1, -0.05) is 0 Å². The van der Waals surface area contributed by atoms with E-state index >= 15 is 0 Å². The van der Waals surface area contributed by atoms with Gasteiger partial charge in [0.2, 0.25) is 11.8 Å². The van der Waals surface area contributed by atoms with E-state index < -0.39 is 0 Å². The van der Waals surface area contributed by atoms with Crippen molar-refractivity contribution in [2.24, 2.45) is 5.92 Å². The standard InChI is InChI=1S/C11H19N3O2/c1-7(8-4-5-12-6-8)13-11(16)9-2-3-10(15)14-9/h7-9,12H,2-6H2,1H3,(H,13,16)(H,14,15). The monoisotopic (exact) mass is 225 g/mol. The summed E-state index contributed by atoms with van der Waals surface area (Å²) in [5, 5.41) is 8.96. The van der Waals surface area contributed by atoms with Crippen molar-refractivity contribution in [1.29, 1.82) is 0 Å². The molecule has 2 amide bonds. The summed E-state index contributed by atoms with van der Waals surface area (Å²) in [6.07, 6.45) is 2.20. The molecule has 0 saturated carbocycles. The van der Waals surface area contributed by atoms with Gasteiger partial charge in [-0.15, -0.1) is 0 Å². The van der Waals surface area contributed by atoms with Gasteiger partial charge in [0, 0.05) is 12.5 Å². The number of nitrogens with one attached hydrogen (secondary N) is 3. The third-order valence-electron chi connectivity index (χ3n) is 3.49. The lowest BCUT2D eigenvalue weighted by Gasteiger charge is -2.21. The van der Waals surface area contributed by atoms with E-state index in [4.69, 9.17) is 0 Å². The van der Waals surface area contributed by atoms with Crippen molar-refractivity contribution in [3.8, 4) is 0 Å². The zero-order valence-corrected chi connectivity index (χ0v) is 9.58. The first kappa shape index (κ1) is 11.4. The number of hydrogen-bond donors (Lipinski definition) is 3. The maximum absolute atomic E-state index is 11.8. The summed E-state index contributed by atoms with van der Waals surface area (Å²) >= 11 is 0. The highest BCUT2D eigenvalue weighted by Gasteiger charge is 2.30. The lowest BCUT2D eigenvalue weighted by Crippen LogP contribution is -2.47. The summed E-state index contributed by atoms with van der Waals surface area (Å²) in [5.74, 6) is 0.460. The predicted molar refractivity (Wildman–Crippen MR) is 59.7 cm³/mol. The Hall–Kier alpha value is -1.10. The molecular weight excluding hydrogens is 206 g/mol. The van der Waals surface area contributed by atoms with Crippen LogP contribution in [-0.4, -0.2) is 37.0 Å². The van der Waals surface area contributed by atoms with Gasteiger partial charge in [-0.25, -0.2) is 0 Å². The molecule has 3 unspecified atom stereocenters. The fourth-order valence-electron chi connectivity index (χ4n) is 2.36. The van der Waals surface area contributed by atoms with Crippen LogP contribution in [0.3, 0.4) is 0 Å². The summed E-state index contributed by atoms with van der Waals surface area (Å²) in [5.41, 5.74) is 0. The lowest BCUT2D eigenvalue weighted by atomic mass is 10.0. The van der Waals surface area contributed by atoms with Gasteiger partial charge in [-0.3, -0.25) is 9.59 Å². The first-order valence-electron chi connectivity index (χ1n) is 5.97. The van der Waals surface area contributed by atoms with Crippen LogP contribution in [0.25, 0.3) is 0 Å². The van der Waals surface area contributed by atoms with Crippen LogP contribution in [0.1, 0.15) is 26.2 Å². The van der Waals surface area contributed by atoms with E-state index in [1.54, 1.807) is 0 Å². The van der Waals surface area contributed by atoms with Crippen molar-refractivity contribution >= 4 is 11.8 Å². The molecule has 0 spiro atoms. The Morgan fingerprint density at radius 1 is 1.50 bits per heavy atom. The first-order chi connectivity index (χ1) is 7.66. The number of carbonyl (C=O) groups excluding carboxylic acids is 2. The molecule has 2 rings (SSSR count). The quantitative estimate of drug-likeness (QED) is 0.599. The molecule has 5 heteroatoms. The van der Waals surface area contributed by atoms with E-state index in [1.807, 2.05) is 6.92 Å². The van der Waals surface area contributed by atoms with Crippen LogP contribution in [0.15, 0.2) is 0 Å². The second kappa shape index (κ2) is 4.82. The Morgan fingerprint density at radius 3 is 2.88 bits per heavy atom. The maximum atomic E-state index is 11.8. The van der Waals surface area contributed by atoms with Crippen LogP contribution in [0.4, 0.5) is 0 Å². The Labute approximate surface area is 95.3 Å². The van der Waals surface area contributed by atoms with E-state index in [0.717, 1.165) is 19.5 Å². The molecule has 0 aromatic heterocycles. The zero-order valence-electron chi connectivity index (χ0n) is 9.58. The largest absolute Gasteiger partial charge is 0.352 e. The fourth-order valence-corrected chi connectivity index (χ4v) is 2.36. The summed E-state index contributed by atoms with van der Waals surface area (Å²) in [6.45, 7) is 4.04. The normalized spacial score (nSPS) is 31.2. The Morgan fingerprint density at radius 2 is 2.31 bits per heavy atom. The highest BCUT2D eigenvalue weighted by atomic mass is 16.2. The maximum Gasteiger partial charge on any atom is 0.242 e. The zero-order chi connectivity index (χ0) is 11.5. The molecule has 16 heavy (non-hydrogen) atoms. The Balaban J connectivity index is 1.79. The minimum absolute atomic E-state index is 0.0182. The molecule has 3 N–H and O–H groups in total. The lowest BCUT2D eigenvalue weighted by molar-refractivity contribution is -0.126. The molecule has 0 aromatic rings. The molecule has 0 aromatic carbocycles. The van der Waals surface area contributed by atoms with Crippen molar-refractivity contribution in [1.82, 2.24) is 16.0 Å². The molecule has 0 bridgehead atoms. The fraction of sp³-hybridized carbons (Fsp3) is 0.818. The van der Waals surface area contributed by atoms with Gasteiger partial charge in [0.25, 0.3) is 0 Å². The number of amides is 2. The van der Waals surface area contributed by atoms with Crippen LogP contribution < -0.4 is 16.0 Å².